The number of hydrogen-bond acceptors (Lipinski definition) is 6. The molecule has 0 N–H and O–H groups in total. The van der Waals surface area contributed by atoms with Gasteiger partial charge in [-0.1, -0.05) is 345 Å². The number of rotatable bonds is 63. The van der Waals surface area contributed by atoms with Crippen LogP contribution in [0.5, 0.6) is 0 Å². The van der Waals surface area contributed by atoms with Gasteiger partial charge in [0.25, 0.3) is 0 Å². The molecule has 0 fully saturated rings. The summed E-state index contributed by atoms with van der Waals surface area (Å²) in [6, 6.07) is 0. The van der Waals surface area contributed by atoms with Gasteiger partial charge < -0.3 is 14.2 Å². The summed E-state index contributed by atoms with van der Waals surface area (Å²) < 4.78 is 16.9. The second kappa shape index (κ2) is 66.6. The lowest BCUT2D eigenvalue weighted by Crippen LogP contribution is -2.30. The normalized spacial score (nSPS) is 12.4. The highest BCUT2D eigenvalue weighted by Crippen LogP contribution is 2.18. The van der Waals surface area contributed by atoms with Gasteiger partial charge in [0.1, 0.15) is 13.2 Å². The van der Waals surface area contributed by atoms with Crippen LogP contribution in [0.25, 0.3) is 0 Å². The molecule has 0 aromatic rings. The van der Waals surface area contributed by atoms with Crippen LogP contribution < -0.4 is 0 Å². The lowest BCUT2D eigenvalue weighted by atomic mass is 10.0. The maximum atomic E-state index is 12.9. The van der Waals surface area contributed by atoms with E-state index in [2.05, 4.69) is 81.5 Å². The molecule has 454 valence electrons. The van der Waals surface area contributed by atoms with Gasteiger partial charge >= 0.3 is 17.9 Å². The fraction of sp³-hybridized carbons (Fsp3) is 0.819. The van der Waals surface area contributed by atoms with Gasteiger partial charge in [-0.15, -0.1) is 0 Å². The highest BCUT2D eigenvalue weighted by atomic mass is 16.6. The molecule has 6 nitrogen and oxygen atoms in total. The molecule has 0 aliphatic carbocycles. The van der Waals surface area contributed by atoms with Crippen molar-refractivity contribution in [2.45, 2.75) is 367 Å². The third kappa shape index (κ3) is 63.9. The number of unbranched alkanes of at least 4 members (excludes halogenated alkanes) is 42. The number of carbonyl (C=O) groups excluding carboxylic acids is 3. The number of carbonyl (C=O) groups is 3. The first-order valence-electron chi connectivity index (χ1n) is 34.3. The second-order valence-corrected chi connectivity index (χ2v) is 23.1. The van der Waals surface area contributed by atoms with Gasteiger partial charge in [0, 0.05) is 19.3 Å². The third-order valence-electron chi connectivity index (χ3n) is 15.3. The monoisotopic (exact) mass is 1090 g/mol. The maximum absolute atomic E-state index is 12.9. The van der Waals surface area contributed by atoms with Crippen molar-refractivity contribution in [2.24, 2.45) is 0 Å². The fourth-order valence-corrected chi connectivity index (χ4v) is 10.2. The molecule has 0 heterocycles. The molecule has 0 saturated heterocycles. The minimum Gasteiger partial charge on any atom is -0.462 e. The van der Waals surface area contributed by atoms with E-state index < -0.39 is 6.10 Å². The highest BCUT2D eigenvalue weighted by Gasteiger charge is 2.19. The zero-order valence-electron chi connectivity index (χ0n) is 52.2. The predicted molar refractivity (Wildman–Crippen MR) is 339 cm³/mol. The fourth-order valence-electron chi connectivity index (χ4n) is 10.2. The van der Waals surface area contributed by atoms with Crippen molar-refractivity contribution < 1.29 is 28.6 Å². The summed E-state index contributed by atoms with van der Waals surface area (Å²) >= 11 is 0. The Bertz CT molecular complexity index is 1390. The summed E-state index contributed by atoms with van der Waals surface area (Å²) in [5.41, 5.74) is 0. The van der Waals surface area contributed by atoms with Crippen LogP contribution in [0.2, 0.25) is 0 Å². The average molecular weight is 1090 g/mol. The van der Waals surface area contributed by atoms with Gasteiger partial charge in [0.15, 0.2) is 6.10 Å². The second-order valence-electron chi connectivity index (χ2n) is 23.1. The van der Waals surface area contributed by atoms with Gasteiger partial charge in [0.05, 0.1) is 0 Å². The topological polar surface area (TPSA) is 78.9 Å². The van der Waals surface area contributed by atoms with Gasteiger partial charge in [-0.2, -0.15) is 0 Å². The molecule has 0 rings (SSSR count). The lowest BCUT2D eigenvalue weighted by molar-refractivity contribution is -0.167. The van der Waals surface area contributed by atoms with E-state index in [1.165, 1.54) is 238 Å². The summed E-state index contributed by atoms with van der Waals surface area (Å²) in [5, 5.41) is 0. The van der Waals surface area contributed by atoms with Crippen LogP contribution in [0, 0.1) is 0 Å². The molecule has 1 atom stereocenters. The minimum absolute atomic E-state index is 0.0922. The van der Waals surface area contributed by atoms with E-state index in [-0.39, 0.29) is 37.5 Å². The van der Waals surface area contributed by atoms with Gasteiger partial charge in [-0.3, -0.25) is 14.4 Å². The Kier molecular flexibility index (Phi) is 64.2. The molecule has 78 heavy (non-hydrogen) atoms. The van der Waals surface area contributed by atoms with Crippen molar-refractivity contribution in [3.63, 3.8) is 0 Å². The van der Waals surface area contributed by atoms with Crippen molar-refractivity contribution in [1.29, 1.82) is 0 Å². The Hall–Kier alpha value is -2.89. The predicted octanol–water partition coefficient (Wildman–Crippen LogP) is 23.5. The van der Waals surface area contributed by atoms with E-state index >= 15 is 0 Å². The molecule has 0 aliphatic rings. The average Bonchev–Trinajstić information content (AvgIpc) is 3.44. The van der Waals surface area contributed by atoms with Crippen LogP contribution in [0.15, 0.2) is 60.8 Å². The van der Waals surface area contributed by atoms with Gasteiger partial charge in [-0.05, 0) is 57.8 Å². The summed E-state index contributed by atoms with van der Waals surface area (Å²) in [5.74, 6) is -0.929. The molecule has 0 aromatic heterocycles. The van der Waals surface area contributed by atoms with Crippen molar-refractivity contribution >= 4 is 17.9 Å². The molecular weight excluding hydrogens is 961 g/mol. The van der Waals surface area contributed by atoms with E-state index in [1.54, 1.807) is 0 Å². The minimum atomic E-state index is -0.802. The Morgan fingerprint density at radius 2 is 0.500 bits per heavy atom. The van der Waals surface area contributed by atoms with Crippen LogP contribution in [0.1, 0.15) is 361 Å². The Labute approximate surface area is 485 Å². The van der Waals surface area contributed by atoms with Crippen LogP contribution in [-0.4, -0.2) is 37.2 Å². The van der Waals surface area contributed by atoms with Gasteiger partial charge in [-0.25, -0.2) is 0 Å². The SMILES string of the molecule is CC/C=C\C/C=C\C/C=C\C/C=C\C/C=C\CCCC(=O)OC(COC(=O)CCCCCCCCCCCCCCCC)COC(=O)CCCCCCCCCCCCCCCCCCCCCCCCCCCCCCC. The molecule has 0 aromatic carbocycles. The van der Waals surface area contributed by atoms with E-state index in [0.717, 1.165) is 77.0 Å². The maximum Gasteiger partial charge on any atom is 0.306 e. The van der Waals surface area contributed by atoms with E-state index in [0.29, 0.717) is 19.3 Å². The van der Waals surface area contributed by atoms with Crippen LogP contribution in [0.3, 0.4) is 0 Å². The molecule has 0 aliphatic heterocycles. The van der Waals surface area contributed by atoms with E-state index in [1.807, 2.05) is 0 Å². The van der Waals surface area contributed by atoms with Crippen LogP contribution in [-0.2, 0) is 28.6 Å². The van der Waals surface area contributed by atoms with Crippen molar-refractivity contribution in [2.75, 3.05) is 13.2 Å². The summed E-state index contributed by atoms with van der Waals surface area (Å²) in [4.78, 5) is 38.3. The van der Waals surface area contributed by atoms with Gasteiger partial charge in [0.2, 0.25) is 0 Å². The number of allylic oxidation sites excluding steroid dienone is 10. The van der Waals surface area contributed by atoms with Crippen molar-refractivity contribution in [3.8, 4) is 0 Å². The molecule has 0 radical (unpaired) electrons. The zero-order chi connectivity index (χ0) is 56.4. The molecule has 6 heteroatoms. The Morgan fingerprint density at radius 1 is 0.269 bits per heavy atom. The van der Waals surface area contributed by atoms with E-state index in [4.69, 9.17) is 14.2 Å². The molecule has 0 saturated carbocycles. The first-order valence-corrected chi connectivity index (χ1v) is 34.3. The zero-order valence-corrected chi connectivity index (χ0v) is 52.2. The van der Waals surface area contributed by atoms with Crippen molar-refractivity contribution in [1.82, 2.24) is 0 Å². The smallest absolute Gasteiger partial charge is 0.306 e. The number of ether oxygens (including phenoxy) is 3. The lowest BCUT2D eigenvalue weighted by Gasteiger charge is -2.18. The van der Waals surface area contributed by atoms with E-state index in [9.17, 15) is 14.4 Å². The molecule has 0 bridgehead atoms. The quantitative estimate of drug-likeness (QED) is 0.0261. The highest BCUT2D eigenvalue weighted by molar-refractivity contribution is 5.71. The summed E-state index contributed by atoms with van der Waals surface area (Å²) in [6.07, 6.45) is 85.5. The first kappa shape index (κ1) is 75.1. The Morgan fingerprint density at radius 3 is 0.769 bits per heavy atom. The Balaban J connectivity index is 4.23. The van der Waals surface area contributed by atoms with Crippen LogP contribution >= 0.6 is 0 Å². The standard InChI is InChI=1S/C72H130O6/c1-4-7-10-13-16-19-22-25-28-30-31-32-33-34-35-36-37-38-39-40-41-43-44-47-50-53-56-59-62-65-71(74)77-68-69(67-76-70(73)64-61-58-55-52-49-46-27-24-21-18-15-12-9-6-3)78-72(75)66-63-60-57-54-51-48-45-42-29-26-23-20-17-14-11-8-5-2/h8,11,17,20,26,29,45,48,54,57,69H,4-7,9-10,12-16,18-19,21-25,27-28,30-44,46-47,49-53,55-56,58-68H2,1-3H3/b11-8-,20-17-,29-26-,48-45-,57-54-. The first-order chi connectivity index (χ1) is 38.5. The molecule has 1 unspecified atom stereocenters. The summed E-state index contributed by atoms with van der Waals surface area (Å²) in [7, 11) is 0. The molecular formula is C72H130O6. The summed E-state index contributed by atoms with van der Waals surface area (Å²) in [6.45, 7) is 6.54. The molecule has 0 spiro atoms. The van der Waals surface area contributed by atoms with Crippen molar-refractivity contribution in [3.05, 3.63) is 60.8 Å². The number of hydrogen-bond donors (Lipinski definition) is 0. The largest absolute Gasteiger partial charge is 0.462 e. The third-order valence-corrected chi connectivity index (χ3v) is 15.3. The van der Waals surface area contributed by atoms with Crippen LogP contribution in [0.4, 0.5) is 0 Å². The molecule has 0 amide bonds. The number of esters is 3.